The maximum absolute atomic E-state index is 15.6. The normalized spacial score (nSPS) is 24.5. The minimum Gasteiger partial charge on any atom is -0.462 e. The summed E-state index contributed by atoms with van der Waals surface area (Å²) >= 11 is 5.57. The van der Waals surface area contributed by atoms with Gasteiger partial charge in [-0.2, -0.15) is 0 Å². The van der Waals surface area contributed by atoms with E-state index in [9.17, 15) is 23.5 Å². The van der Waals surface area contributed by atoms with E-state index in [4.69, 9.17) is 36.3 Å². The molecule has 1 aliphatic heterocycles. The zero-order valence-electron chi connectivity index (χ0n) is 23.7. The molecule has 0 saturated carbocycles. The van der Waals surface area contributed by atoms with Crippen LogP contribution in [0.4, 0.5) is 19.0 Å². The summed E-state index contributed by atoms with van der Waals surface area (Å²) in [6.45, 7) is 4.24. The molecule has 0 unspecified atom stereocenters. The molecule has 1 aliphatic rings. The first-order valence-corrected chi connectivity index (χ1v) is 15.7. The molecule has 0 amide bonds. The number of carbonyl (C=O) groups is 2. The molecule has 0 spiro atoms. The van der Waals surface area contributed by atoms with Gasteiger partial charge in [0.15, 0.2) is 36.0 Å². The predicted molar refractivity (Wildman–Crippen MR) is 147 cm³/mol. The van der Waals surface area contributed by atoms with Crippen LogP contribution in [0, 0.1) is 0 Å². The van der Waals surface area contributed by atoms with Crippen molar-refractivity contribution in [3.05, 3.63) is 12.7 Å². The summed E-state index contributed by atoms with van der Waals surface area (Å²) in [5.41, 5.74) is 2.83. The van der Waals surface area contributed by atoms with Crippen molar-refractivity contribution in [2.24, 2.45) is 0 Å². The number of alkyl halides is 3. The number of carbonyl (C=O) groups excluding carboxylic acids is 2. The van der Waals surface area contributed by atoms with Gasteiger partial charge in [0.05, 0.1) is 25.1 Å². The fourth-order valence-electron chi connectivity index (χ4n) is 4.01. The Balaban J connectivity index is 1.91. The van der Waals surface area contributed by atoms with E-state index in [1.807, 2.05) is 0 Å². The number of anilines is 1. The SMILES string of the molecule is CC(C)OC(=O)[C@H](C)NP(=S)(N[C@@H](C)C(=O)OC(C)C)OC[C@@]1(C(F)F)O[C@@H](n2cnc3c(N)ncnc32)[C@H](O)[C@H]1F. The number of ether oxygens (including phenoxy) is 3. The van der Waals surface area contributed by atoms with Crippen LogP contribution in [0.5, 0.6) is 0 Å². The molecule has 3 heterocycles. The van der Waals surface area contributed by atoms with Crippen molar-refractivity contribution >= 4 is 47.3 Å². The first-order valence-electron chi connectivity index (χ1n) is 12.9. The van der Waals surface area contributed by atoms with Crippen LogP contribution in [0.2, 0.25) is 0 Å². The van der Waals surface area contributed by atoms with Gasteiger partial charge in [0, 0.05) is 0 Å². The van der Waals surface area contributed by atoms with Gasteiger partial charge in [-0.15, -0.1) is 0 Å². The van der Waals surface area contributed by atoms with Crippen molar-refractivity contribution in [3.63, 3.8) is 0 Å². The number of hydrogen-bond donors (Lipinski definition) is 4. The third-order valence-electron chi connectivity index (χ3n) is 6.04. The smallest absolute Gasteiger partial charge is 0.323 e. The molecule has 2 aromatic heterocycles. The average Bonchev–Trinajstić information content (AvgIpc) is 3.42. The van der Waals surface area contributed by atoms with E-state index in [0.29, 0.717) is 0 Å². The first-order chi connectivity index (χ1) is 19.5. The molecular weight excluding hydrogens is 606 g/mol. The van der Waals surface area contributed by atoms with Gasteiger partial charge in [0.2, 0.25) is 0 Å². The highest BCUT2D eigenvalue weighted by molar-refractivity contribution is 8.10. The lowest BCUT2D eigenvalue weighted by molar-refractivity contribution is -0.181. The van der Waals surface area contributed by atoms with Crippen molar-refractivity contribution < 1.29 is 46.6 Å². The summed E-state index contributed by atoms with van der Waals surface area (Å²) in [6, 6.07) is -2.26. The highest BCUT2D eigenvalue weighted by Gasteiger charge is 2.62. The molecule has 1 saturated heterocycles. The third kappa shape index (κ3) is 7.35. The number of nitrogen functional groups attached to an aromatic ring is 1. The molecule has 1 fully saturated rings. The summed E-state index contributed by atoms with van der Waals surface area (Å²) in [5.74, 6) is -1.51. The Kier molecular flexibility index (Phi) is 10.9. The number of nitrogens with zero attached hydrogens (tertiary/aromatic N) is 4. The summed E-state index contributed by atoms with van der Waals surface area (Å²) in [5, 5.41) is 16.1. The molecule has 3 rings (SSSR count). The van der Waals surface area contributed by atoms with Crippen LogP contribution in [0.25, 0.3) is 11.2 Å². The van der Waals surface area contributed by atoms with Crippen LogP contribution in [-0.4, -0.2) is 91.8 Å². The standard InChI is InChI=1S/C23H35F3N7O7PS/c1-10(2)38-20(35)12(5)31-41(42,32-13(6)21(36)39-11(3)4)37-7-23(22(25)26)16(24)15(34)19(40-23)33-9-30-14-17(27)28-8-29-18(14)33/h8-13,15-16,19,22,34H,7H2,1-6H3,(H2,27,28,29)(H2,31,32,42)/t12-,13-,15+,16+,19+,23+/m0/s1. The Bertz CT molecular complexity index is 1290. The van der Waals surface area contributed by atoms with E-state index in [1.165, 1.54) is 13.8 Å². The maximum atomic E-state index is 15.6. The summed E-state index contributed by atoms with van der Waals surface area (Å²) < 4.78 is 67.4. The first kappa shape index (κ1) is 34.0. The summed E-state index contributed by atoms with van der Waals surface area (Å²) in [7, 11) is 0. The number of aromatic nitrogens is 4. The number of aliphatic hydroxyl groups excluding tert-OH is 1. The molecule has 0 aliphatic carbocycles. The summed E-state index contributed by atoms with van der Waals surface area (Å²) in [4.78, 5) is 36.7. The maximum Gasteiger partial charge on any atom is 0.323 e. The Morgan fingerprint density at radius 2 is 1.67 bits per heavy atom. The van der Waals surface area contributed by atoms with E-state index < -0.39 is 79.9 Å². The largest absolute Gasteiger partial charge is 0.462 e. The van der Waals surface area contributed by atoms with Crippen LogP contribution in [0.15, 0.2) is 12.7 Å². The fourth-order valence-corrected chi connectivity index (χ4v) is 6.95. The van der Waals surface area contributed by atoms with Crippen LogP contribution in [-0.2, 0) is 40.1 Å². The van der Waals surface area contributed by atoms with Gasteiger partial charge in [-0.25, -0.2) is 38.3 Å². The molecule has 6 atom stereocenters. The highest BCUT2D eigenvalue weighted by Crippen LogP contribution is 2.48. The van der Waals surface area contributed by atoms with Crippen LogP contribution in [0.1, 0.15) is 47.8 Å². The second-order valence-corrected chi connectivity index (χ2v) is 13.7. The van der Waals surface area contributed by atoms with Gasteiger partial charge in [0.1, 0.15) is 30.0 Å². The molecule has 5 N–H and O–H groups in total. The second kappa shape index (κ2) is 13.4. The van der Waals surface area contributed by atoms with Gasteiger partial charge in [0.25, 0.3) is 6.43 Å². The Morgan fingerprint density at radius 3 is 2.17 bits per heavy atom. The molecule has 14 nitrogen and oxygen atoms in total. The Labute approximate surface area is 245 Å². The molecule has 0 radical (unpaired) electrons. The lowest BCUT2D eigenvalue weighted by Gasteiger charge is -2.35. The number of imidazole rings is 1. The second-order valence-electron chi connectivity index (χ2n) is 10.2. The summed E-state index contributed by atoms with van der Waals surface area (Å²) in [6.07, 6.45) is -8.83. The molecule has 19 heteroatoms. The van der Waals surface area contributed by atoms with Gasteiger partial charge >= 0.3 is 11.9 Å². The van der Waals surface area contributed by atoms with Gasteiger partial charge in [-0.05, 0) is 53.3 Å². The zero-order chi connectivity index (χ0) is 31.6. The number of fused-ring (bicyclic) bond motifs is 1. The Hall–Kier alpha value is -2.47. The van der Waals surface area contributed by atoms with E-state index in [0.717, 1.165) is 17.2 Å². The van der Waals surface area contributed by atoms with Gasteiger partial charge in [-0.3, -0.25) is 14.2 Å². The quantitative estimate of drug-likeness (QED) is 0.183. The monoisotopic (exact) mass is 641 g/mol. The van der Waals surface area contributed by atoms with E-state index in [2.05, 4.69) is 25.1 Å². The molecular formula is C23H35F3N7O7PS. The van der Waals surface area contributed by atoms with Crippen molar-refractivity contribution in [2.45, 2.75) is 96.4 Å². The lowest BCUT2D eigenvalue weighted by atomic mass is 9.98. The average molecular weight is 642 g/mol. The van der Waals surface area contributed by atoms with Crippen molar-refractivity contribution in [2.75, 3.05) is 12.3 Å². The molecule has 0 bridgehead atoms. The number of esters is 2. The number of nitrogens with two attached hydrogens (primary N) is 1. The number of nitrogens with one attached hydrogen (secondary N) is 2. The fraction of sp³-hybridized carbons (Fsp3) is 0.696. The molecule has 2 aromatic rings. The number of rotatable bonds is 13. The van der Waals surface area contributed by atoms with Crippen LogP contribution in [0.3, 0.4) is 0 Å². The van der Waals surface area contributed by atoms with Crippen LogP contribution < -0.4 is 15.9 Å². The molecule has 236 valence electrons. The van der Waals surface area contributed by atoms with Crippen molar-refractivity contribution in [1.82, 2.24) is 29.7 Å². The van der Waals surface area contributed by atoms with Crippen molar-refractivity contribution in [3.8, 4) is 0 Å². The zero-order valence-corrected chi connectivity index (χ0v) is 25.4. The van der Waals surface area contributed by atoms with Crippen LogP contribution >= 0.6 is 6.57 Å². The molecule has 42 heavy (non-hydrogen) atoms. The van der Waals surface area contributed by atoms with Gasteiger partial charge in [-0.1, -0.05) is 0 Å². The lowest BCUT2D eigenvalue weighted by Crippen LogP contribution is -2.51. The predicted octanol–water partition coefficient (Wildman–Crippen LogP) is 1.74. The topological polar surface area (TPSA) is 185 Å². The number of halogens is 3. The minimum atomic E-state index is -3.82. The highest BCUT2D eigenvalue weighted by atomic mass is 32.4. The van der Waals surface area contributed by atoms with E-state index in [-0.39, 0.29) is 17.0 Å². The van der Waals surface area contributed by atoms with Gasteiger partial charge < -0.3 is 29.6 Å². The molecule has 0 aromatic carbocycles. The number of aliphatic hydroxyl groups is 1. The third-order valence-corrected chi connectivity index (χ3v) is 8.94. The van der Waals surface area contributed by atoms with Crippen molar-refractivity contribution in [1.29, 1.82) is 0 Å². The van der Waals surface area contributed by atoms with E-state index in [1.54, 1.807) is 27.7 Å². The van der Waals surface area contributed by atoms with E-state index >= 15 is 4.39 Å². The number of hydrogen-bond acceptors (Lipinski definition) is 12. The minimum absolute atomic E-state index is 0.00756. The Morgan fingerprint density at radius 1 is 1.12 bits per heavy atom.